The fraction of sp³-hybridized carbons (Fsp3) is 0.0980. The van der Waals surface area contributed by atoms with Crippen molar-refractivity contribution in [1.82, 2.24) is 0 Å². The lowest BCUT2D eigenvalue weighted by Gasteiger charge is -2.30. The third-order valence-electron chi connectivity index (χ3n) is 10.3. The van der Waals surface area contributed by atoms with Crippen molar-refractivity contribution >= 4 is 28.2 Å². The molecule has 0 spiro atoms. The first kappa shape index (κ1) is 33.7. The van der Waals surface area contributed by atoms with Crippen LogP contribution >= 0.6 is 0 Å². The molecule has 2 aliphatic rings. The van der Waals surface area contributed by atoms with Gasteiger partial charge in [-0.15, -0.1) is 0 Å². The molecule has 0 aliphatic heterocycles. The molecule has 0 radical (unpaired) electrons. The zero-order valence-corrected chi connectivity index (χ0v) is 30.2. The van der Waals surface area contributed by atoms with Crippen LogP contribution in [-0.4, -0.2) is 13.6 Å². The maximum Gasteiger partial charge on any atom is 0.0411 e. The Hall–Kier alpha value is -6.38. The fourth-order valence-electron chi connectivity index (χ4n) is 7.32. The second kappa shape index (κ2) is 15.9. The maximum absolute atomic E-state index is 2.48. The predicted molar refractivity (Wildman–Crippen MR) is 227 cm³/mol. The van der Waals surface area contributed by atoms with Crippen LogP contribution in [0.1, 0.15) is 24.0 Å². The molecule has 8 rings (SSSR count). The summed E-state index contributed by atoms with van der Waals surface area (Å²) in [6, 6.07) is 59.0. The zero-order chi connectivity index (χ0) is 35.8. The van der Waals surface area contributed by atoms with Gasteiger partial charge in [0.2, 0.25) is 0 Å². The van der Waals surface area contributed by atoms with Gasteiger partial charge in [-0.2, -0.15) is 0 Å². The maximum atomic E-state index is 2.48. The summed E-state index contributed by atoms with van der Waals surface area (Å²) >= 11 is 0. The molecule has 6 aromatic rings. The van der Waals surface area contributed by atoms with Crippen LogP contribution in [0.15, 0.2) is 212 Å². The third kappa shape index (κ3) is 7.93. The molecule has 2 nitrogen and oxygen atoms in total. The van der Waals surface area contributed by atoms with Gasteiger partial charge in [-0.1, -0.05) is 164 Å². The monoisotopic (exact) mass is 684 g/mol. The SMILES string of the molecule is CN(C1=CC=C(c2ccccc2)C=CC1)c1ccc(-c2ccc(N(CC3C=C(c4ccccc4)C=CC3)c3ccc(-c4ccccc4)cc3)cc2)cc1. The molecule has 0 fully saturated rings. The van der Waals surface area contributed by atoms with Crippen molar-refractivity contribution in [2.75, 3.05) is 23.4 Å². The molecule has 0 N–H and O–H groups in total. The van der Waals surface area contributed by atoms with Gasteiger partial charge in [0.05, 0.1) is 0 Å². The number of hydrogen-bond donors (Lipinski definition) is 0. The first-order valence-electron chi connectivity index (χ1n) is 18.6. The van der Waals surface area contributed by atoms with E-state index in [1.54, 1.807) is 0 Å². The molecule has 0 saturated heterocycles. The minimum atomic E-state index is 0.382. The minimum absolute atomic E-state index is 0.382. The second-order valence-electron chi connectivity index (χ2n) is 13.8. The summed E-state index contributed by atoms with van der Waals surface area (Å²) in [6.45, 7) is 0.888. The fourth-order valence-corrected chi connectivity index (χ4v) is 7.32. The Bertz CT molecular complexity index is 2280. The Balaban J connectivity index is 1.03. The molecule has 1 unspecified atom stereocenters. The smallest absolute Gasteiger partial charge is 0.0411 e. The van der Waals surface area contributed by atoms with Gasteiger partial charge in [0.1, 0.15) is 0 Å². The quantitative estimate of drug-likeness (QED) is 0.142. The average molecular weight is 685 g/mol. The second-order valence-corrected chi connectivity index (χ2v) is 13.8. The van der Waals surface area contributed by atoms with Crippen LogP contribution in [0.5, 0.6) is 0 Å². The molecule has 0 aromatic heterocycles. The van der Waals surface area contributed by atoms with Crippen molar-refractivity contribution in [2.45, 2.75) is 12.8 Å². The number of rotatable bonds is 10. The van der Waals surface area contributed by atoms with E-state index >= 15 is 0 Å². The van der Waals surface area contributed by atoms with Gasteiger partial charge in [-0.25, -0.2) is 0 Å². The molecular formula is C51H44N2. The normalized spacial score (nSPS) is 15.2. The summed E-state index contributed by atoms with van der Waals surface area (Å²) < 4.78 is 0. The molecule has 0 saturated carbocycles. The lowest BCUT2D eigenvalue weighted by atomic mass is 9.91. The molecule has 2 aliphatic carbocycles. The van der Waals surface area contributed by atoms with Crippen LogP contribution in [0.3, 0.4) is 0 Å². The minimum Gasteiger partial charge on any atom is -0.348 e. The molecule has 0 heterocycles. The van der Waals surface area contributed by atoms with Crippen LogP contribution in [0.25, 0.3) is 33.4 Å². The van der Waals surface area contributed by atoms with Gasteiger partial charge in [0.25, 0.3) is 0 Å². The van der Waals surface area contributed by atoms with Crippen molar-refractivity contribution in [3.63, 3.8) is 0 Å². The molecule has 2 heteroatoms. The van der Waals surface area contributed by atoms with E-state index in [0.29, 0.717) is 5.92 Å². The topological polar surface area (TPSA) is 6.48 Å². The number of hydrogen-bond acceptors (Lipinski definition) is 2. The number of anilines is 3. The highest BCUT2D eigenvalue weighted by Gasteiger charge is 2.18. The summed E-state index contributed by atoms with van der Waals surface area (Å²) in [6.07, 6.45) is 17.9. The van der Waals surface area contributed by atoms with E-state index < -0.39 is 0 Å². The predicted octanol–water partition coefficient (Wildman–Crippen LogP) is 13.2. The number of benzene rings is 6. The largest absolute Gasteiger partial charge is 0.348 e. The van der Waals surface area contributed by atoms with E-state index in [9.17, 15) is 0 Å². The van der Waals surface area contributed by atoms with Crippen molar-refractivity contribution in [3.8, 4) is 22.3 Å². The van der Waals surface area contributed by atoms with Crippen molar-refractivity contribution in [1.29, 1.82) is 0 Å². The Morgan fingerprint density at radius 3 is 1.45 bits per heavy atom. The van der Waals surface area contributed by atoms with Crippen LogP contribution in [-0.2, 0) is 0 Å². The highest BCUT2D eigenvalue weighted by molar-refractivity contribution is 5.78. The molecular weight excluding hydrogens is 641 g/mol. The third-order valence-corrected chi connectivity index (χ3v) is 10.3. The summed E-state index contributed by atoms with van der Waals surface area (Å²) in [5.74, 6) is 0.382. The van der Waals surface area contributed by atoms with E-state index in [2.05, 4.69) is 223 Å². The van der Waals surface area contributed by atoms with Crippen LogP contribution in [0.2, 0.25) is 0 Å². The Morgan fingerprint density at radius 2 is 0.906 bits per heavy atom. The van der Waals surface area contributed by atoms with Crippen molar-refractivity contribution in [2.24, 2.45) is 5.92 Å². The lowest BCUT2D eigenvalue weighted by Crippen LogP contribution is -2.24. The standard InChI is InChI=1S/C51H44N2/c1-52(48-22-12-20-43(23-30-48)40-14-5-2-6-15-40)49-31-24-45(25-32-49)46-28-35-51(36-29-46)53(50-33-26-44(27-34-50)41-16-7-3-8-17-41)38-39-13-11-21-47(37-39)42-18-9-4-10-19-42/h2-12,14-21,23-37,39H,13,22,38H2,1H3. The number of nitrogens with zero attached hydrogens (tertiary/aromatic N) is 2. The van der Waals surface area contributed by atoms with Gasteiger partial charge in [-0.05, 0) is 99.3 Å². The van der Waals surface area contributed by atoms with Gasteiger partial charge >= 0.3 is 0 Å². The number of allylic oxidation sites excluding steroid dienone is 8. The summed E-state index contributed by atoms with van der Waals surface area (Å²) in [7, 11) is 2.16. The van der Waals surface area contributed by atoms with E-state index in [0.717, 1.165) is 19.4 Å². The summed E-state index contributed by atoms with van der Waals surface area (Å²) in [5, 5.41) is 0. The average Bonchev–Trinajstić information content (AvgIpc) is 3.51. The zero-order valence-electron chi connectivity index (χ0n) is 30.2. The van der Waals surface area contributed by atoms with E-state index in [1.807, 2.05) is 0 Å². The first-order valence-corrected chi connectivity index (χ1v) is 18.6. The lowest BCUT2D eigenvalue weighted by molar-refractivity contribution is 0.659. The van der Waals surface area contributed by atoms with E-state index in [4.69, 9.17) is 0 Å². The molecule has 6 aromatic carbocycles. The van der Waals surface area contributed by atoms with Gasteiger partial charge < -0.3 is 9.80 Å². The van der Waals surface area contributed by atoms with Crippen LogP contribution in [0, 0.1) is 5.92 Å². The van der Waals surface area contributed by atoms with Gasteiger partial charge in [0, 0.05) is 42.8 Å². The highest BCUT2D eigenvalue weighted by Crippen LogP contribution is 2.34. The van der Waals surface area contributed by atoms with E-state index in [-0.39, 0.29) is 0 Å². The van der Waals surface area contributed by atoms with Crippen LogP contribution in [0.4, 0.5) is 17.1 Å². The molecule has 258 valence electrons. The van der Waals surface area contributed by atoms with Crippen molar-refractivity contribution in [3.05, 3.63) is 223 Å². The summed E-state index contributed by atoms with van der Waals surface area (Å²) in [5.41, 5.74) is 14.8. The van der Waals surface area contributed by atoms with Gasteiger partial charge in [-0.3, -0.25) is 0 Å². The van der Waals surface area contributed by atoms with Crippen molar-refractivity contribution < 1.29 is 0 Å². The summed E-state index contributed by atoms with van der Waals surface area (Å²) in [4.78, 5) is 4.77. The molecule has 53 heavy (non-hydrogen) atoms. The first-order chi connectivity index (χ1) is 26.2. The van der Waals surface area contributed by atoms with E-state index in [1.165, 1.54) is 67.3 Å². The molecule has 1 atom stereocenters. The molecule has 0 bridgehead atoms. The Kier molecular flexibility index (Phi) is 10.1. The van der Waals surface area contributed by atoms with Crippen LogP contribution < -0.4 is 9.80 Å². The highest BCUT2D eigenvalue weighted by atomic mass is 15.1. The molecule has 0 amide bonds. The Labute approximate surface area is 314 Å². The Morgan fingerprint density at radius 1 is 0.453 bits per heavy atom. The van der Waals surface area contributed by atoms with Gasteiger partial charge in [0.15, 0.2) is 0 Å².